The first-order valence-electron chi connectivity index (χ1n) is 10.5. The molecule has 2 aromatic carbocycles. The van der Waals surface area contributed by atoms with Crippen molar-refractivity contribution < 1.29 is 13.5 Å². The molecule has 0 saturated carbocycles. The molecule has 2 N–H and O–H groups in total. The Morgan fingerprint density at radius 2 is 1.85 bits per heavy atom. The zero-order valence-corrected chi connectivity index (χ0v) is 18.7. The Bertz CT molecular complexity index is 1130. The highest BCUT2D eigenvalue weighted by Crippen LogP contribution is 2.23. The molecule has 4 rings (SSSR count). The molecule has 1 aromatic heterocycles. The Hall–Kier alpha value is -3.36. The predicted octanol–water partition coefficient (Wildman–Crippen LogP) is 3.19. The van der Waals surface area contributed by atoms with Crippen molar-refractivity contribution in [2.75, 3.05) is 43.1 Å². The molecule has 1 aliphatic rings. The Morgan fingerprint density at radius 3 is 2.52 bits per heavy atom. The summed E-state index contributed by atoms with van der Waals surface area (Å²) in [4.78, 5) is 11.2. The number of rotatable bonds is 8. The number of aromatic nitrogens is 2. The number of nitrogens with one attached hydrogen (secondary N) is 1. The topological polar surface area (TPSA) is 115 Å². The standard InChI is InChI=1S/C23H24N6O3S/c24-10-12-29(33(30)31)17-18-1-3-19(4-2-18)22-9-11-25-23(27-22)26-20-5-7-21(8-6-20)28-13-15-32-16-14-28/h1-9,11H,12-17H2,(H,30,31)(H,25,26,27). The fourth-order valence-electron chi connectivity index (χ4n) is 3.52. The van der Waals surface area contributed by atoms with Crippen LogP contribution in [0.4, 0.5) is 17.3 Å². The molecule has 170 valence electrons. The molecular formula is C23H24N6O3S. The molecule has 1 atom stereocenters. The summed E-state index contributed by atoms with van der Waals surface area (Å²) in [6.45, 7) is 3.37. The summed E-state index contributed by atoms with van der Waals surface area (Å²) >= 11 is -2.20. The van der Waals surface area contributed by atoms with E-state index >= 15 is 0 Å². The van der Waals surface area contributed by atoms with Crippen molar-refractivity contribution in [1.29, 1.82) is 5.26 Å². The van der Waals surface area contributed by atoms with Crippen LogP contribution in [0.5, 0.6) is 0 Å². The molecule has 0 bridgehead atoms. The van der Waals surface area contributed by atoms with Gasteiger partial charge in [0, 0.05) is 42.8 Å². The van der Waals surface area contributed by atoms with Crippen LogP contribution < -0.4 is 10.2 Å². The van der Waals surface area contributed by atoms with Crippen LogP contribution in [0, 0.1) is 11.3 Å². The molecule has 33 heavy (non-hydrogen) atoms. The maximum atomic E-state index is 11.3. The van der Waals surface area contributed by atoms with E-state index in [1.807, 2.05) is 48.5 Å². The molecule has 10 heteroatoms. The Morgan fingerprint density at radius 1 is 1.12 bits per heavy atom. The fourth-order valence-corrected chi connectivity index (χ4v) is 3.94. The molecule has 3 aromatic rings. The van der Waals surface area contributed by atoms with E-state index in [9.17, 15) is 8.76 Å². The molecule has 1 saturated heterocycles. The van der Waals surface area contributed by atoms with Gasteiger partial charge in [0.25, 0.3) is 0 Å². The summed E-state index contributed by atoms with van der Waals surface area (Å²) in [5, 5.41) is 12.0. The van der Waals surface area contributed by atoms with Crippen LogP contribution in [0.15, 0.2) is 60.8 Å². The molecule has 9 nitrogen and oxygen atoms in total. The first-order valence-corrected chi connectivity index (χ1v) is 11.5. The van der Waals surface area contributed by atoms with Gasteiger partial charge in [-0.15, -0.1) is 0 Å². The van der Waals surface area contributed by atoms with Crippen LogP contribution in [0.1, 0.15) is 5.56 Å². The number of nitriles is 1. The van der Waals surface area contributed by atoms with Crippen molar-refractivity contribution in [2.45, 2.75) is 6.54 Å². The van der Waals surface area contributed by atoms with Gasteiger partial charge in [0.15, 0.2) is 0 Å². The molecule has 2 heterocycles. The predicted molar refractivity (Wildman–Crippen MR) is 127 cm³/mol. The third-order valence-corrected chi connectivity index (χ3v) is 5.93. The van der Waals surface area contributed by atoms with E-state index < -0.39 is 11.3 Å². The van der Waals surface area contributed by atoms with Gasteiger partial charge in [-0.1, -0.05) is 24.3 Å². The van der Waals surface area contributed by atoms with E-state index in [-0.39, 0.29) is 13.1 Å². The zero-order chi connectivity index (χ0) is 23.0. The lowest BCUT2D eigenvalue weighted by Gasteiger charge is -2.28. The first kappa shape index (κ1) is 22.8. The normalized spacial score (nSPS) is 14.6. The van der Waals surface area contributed by atoms with Gasteiger partial charge in [0.1, 0.15) is 6.54 Å². The largest absolute Gasteiger partial charge is 0.378 e. The van der Waals surface area contributed by atoms with Gasteiger partial charge in [-0.3, -0.25) is 4.55 Å². The van der Waals surface area contributed by atoms with Crippen LogP contribution in [-0.2, 0) is 22.5 Å². The third-order valence-electron chi connectivity index (χ3n) is 5.23. The van der Waals surface area contributed by atoms with Gasteiger partial charge in [0.2, 0.25) is 17.2 Å². The lowest BCUT2D eigenvalue weighted by atomic mass is 10.1. The monoisotopic (exact) mass is 464 g/mol. The number of anilines is 3. The van der Waals surface area contributed by atoms with Crippen LogP contribution in [-0.4, -0.2) is 55.9 Å². The smallest absolute Gasteiger partial charge is 0.235 e. The summed E-state index contributed by atoms with van der Waals surface area (Å²) < 4.78 is 27.2. The number of ether oxygens (including phenoxy) is 1. The summed E-state index contributed by atoms with van der Waals surface area (Å²) in [5.41, 5.74) is 4.53. The van der Waals surface area contributed by atoms with Crippen LogP contribution in [0.2, 0.25) is 0 Å². The second kappa shape index (κ2) is 11.0. The highest BCUT2D eigenvalue weighted by molar-refractivity contribution is 7.76. The minimum absolute atomic E-state index is 0.126. The quantitative estimate of drug-likeness (QED) is 0.386. The lowest BCUT2D eigenvalue weighted by Crippen LogP contribution is -2.36. The Balaban J connectivity index is 1.42. The van der Waals surface area contributed by atoms with E-state index in [1.54, 1.807) is 6.20 Å². The number of nitrogens with zero attached hydrogens (tertiary/aromatic N) is 5. The van der Waals surface area contributed by atoms with Gasteiger partial charge in [-0.2, -0.15) is 9.57 Å². The summed E-state index contributed by atoms with van der Waals surface area (Å²) in [6.07, 6.45) is 1.70. The second-order valence-electron chi connectivity index (χ2n) is 7.42. The molecular weight excluding hydrogens is 440 g/mol. The molecule has 0 aliphatic carbocycles. The minimum atomic E-state index is -2.20. The van der Waals surface area contributed by atoms with E-state index in [0.29, 0.717) is 5.95 Å². The minimum Gasteiger partial charge on any atom is -0.378 e. The van der Waals surface area contributed by atoms with Crippen molar-refractivity contribution in [3.05, 3.63) is 66.4 Å². The van der Waals surface area contributed by atoms with Crippen molar-refractivity contribution in [2.24, 2.45) is 0 Å². The summed E-state index contributed by atoms with van der Waals surface area (Å²) in [6, 6.07) is 19.4. The van der Waals surface area contributed by atoms with Crippen LogP contribution >= 0.6 is 0 Å². The molecule has 1 unspecified atom stereocenters. The Labute approximate surface area is 195 Å². The van der Waals surface area contributed by atoms with E-state index in [2.05, 4.69) is 32.3 Å². The molecule has 1 aliphatic heterocycles. The average Bonchev–Trinajstić information content (AvgIpc) is 2.85. The highest BCUT2D eigenvalue weighted by Gasteiger charge is 2.12. The lowest BCUT2D eigenvalue weighted by molar-refractivity contribution is 0.122. The van der Waals surface area contributed by atoms with Crippen LogP contribution in [0.3, 0.4) is 0 Å². The van der Waals surface area contributed by atoms with Gasteiger partial charge >= 0.3 is 0 Å². The summed E-state index contributed by atoms with van der Waals surface area (Å²) in [5.74, 6) is 0.492. The second-order valence-corrected chi connectivity index (χ2v) is 8.40. The number of morpholine rings is 1. The zero-order valence-electron chi connectivity index (χ0n) is 17.9. The van der Waals surface area contributed by atoms with Crippen molar-refractivity contribution >= 4 is 28.6 Å². The summed E-state index contributed by atoms with van der Waals surface area (Å²) in [7, 11) is 0. The molecule has 0 amide bonds. The van der Waals surface area contributed by atoms with Crippen LogP contribution in [0.25, 0.3) is 11.3 Å². The van der Waals surface area contributed by atoms with E-state index in [1.165, 1.54) is 4.31 Å². The number of hydrogen-bond donors (Lipinski definition) is 2. The number of hydrogen-bond acceptors (Lipinski definition) is 7. The highest BCUT2D eigenvalue weighted by atomic mass is 32.2. The van der Waals surface area contributed by atoms with Gasteiger partial charge in [0.05, 0.1) is 25.0 Å². The maximum Gasteiger partial charge on any atom is 0.235 e. The first-order chi connectivity index (χ1) is 16.1. The van der Waals surface area contributed by atoms with Gasteiger partial charge in [-0.05, 0) is 35.9 Å². The Kier molecular flexibility index (Phi) is 7.59. The van der Waals surface area contributed by atoms with E-state index in [0.717, 1.165) is 54.5 Å². The van der Waals surface area contributed by atoms with Gasteiger partial charge < -0.3 is 15.0 Å². The van der Waals surface area contributed by atoms with Crippen molar-refractivity contribution in [3.63, 3.8) is 0 Å². The average molecular weight is 465 g/mol. The van der Waals surface area contributed by atoms with Crippen molar-refractivity contribution in [3.8, 4) is 17.3 Å². The van der Waals surface area contributed by atoms with Crippen molar-refractivity contribution in [1.82, 2.24) is 14.3 Å². The third kappa shape index (κ3) is 6.12. The maximum absolute atomic E-state index is 11.3. The molecule has 1 fully saturated rings. The SMILES string of the molecule is N#CCN(Cc1ccc(-c2ccnc(Nc3ccc(N4CCOCC4)cc3)n2)cc1)S(=O)O. The van der Waals surface area contributed by atoms with E-state index in [4.69, 9.17) is 10.00 Å². The molecule has 0 spiro atoms. The number of benzene rings is 2. The van der Waals surface area contributed by atoms with Gasteiger partial charge in [-0.25, -0.2) is 14.2 Å². The molecule has 0 radical (unpaired) electrons. The fraction of sp³-hybridized carbons (Fsp3) is 0.261.